The van der Waals surface area contributed by atoms with Crippen LogP contribution in [0.1, 0.15) is 26.5 Å². The zero-order chi connectivity index (χ0) is 12.5. The lowest BCUT2D eigenvalue weighted by atomic mass is 9.91. The van der Waals surface area contributed by atoms with E-state index in [1.807, 2.05) is 12.1 Å². The molecule has 0 radical (unpaired) electrons. The van der Waals surface area contributed by atoms with E-state index in [1.54, 1.807) is 6.07 Å². The van der Waals surface area contributed by atoms with Crippen molar-refractivity contribution in [3.05, 3.63) is 48.2 Å². The lowest BCUT2D eigenvalue weighted by Crippen LogP contribution is -2.13. The summed E-state index contributed by atoms with van der Waals surface area (Å²) in [7, 11) is 0. The molecule has 0 atom stereocenters. The molecule has 0 unspecified atom stereocenters. The summed E-state index contributed by atoms with van der Waals surface area (Å²) in [5, 5.41) is 0. The van der Waals surface area contributed by atoms with Crippen molar-refractivity contribution >= 4 is 0 Å². The van der Waals surface area contributed by atoms with Gasteiger partial charge in [-0.25, -0.2) is 14.4 Å². The fourth-order valence-electron chi connectivity index (χ4n) is 1.57. The van der Waals surface area contributed by atoms with Gasteiger partial charge in [-0.05, 0) is 18.2 Å². The molecule has 2 rings (SSSR count). The van der Waals surface area contributed by atoms with E-state index in [2.05, 4.69) is 30.7 Å². The second kappa shape index (κ2) is 4.24. The number of hydrogen-bond acceptors (Lipinski definition) is 2. The van der Waals surface area contributed by atoms with E-state index in [-0.39, 0.29) is 11.2 Å². The van der Waals surface area contributed by atoms with Gasteiger partial charge in [0, 0.05) is 16.7 Å². The van der Waals surface area contributed by atoms with Gasteiger partial charge in [-0.3, -0.25) is 0 Å². The average molecular weight is 230 g/mol. The molecule has 0 aliphatic carbocycles. The van der Waals surface area contributed by atoms with Crippen molar-refractivity contribution in [2.75, 3.05) is 0 Å². The molecular formula is C14H15FN2. The highest BCUT2D eigenvalue weighted by molar-refractivity contribution is 5.59. The molecule has 2 nitrogen and oxygen atoms in total. The van der Waals surface area contributed by atoms with Crippen LogP contribution in [-0.2, 0) is 5.41 Å². The molecule has 17 heavy (non-hydrogen) atoms. The molecular weight excluding hydrogens is 215 g/mol. The van der Waals surface area contributed by atoms with Gasteiger partial charge in [-0.15, -0.1) is 0 Å². The highest BCUT2D eigenvalue weighted by Crippen LogP contribution is 2.24. The Morgan fingerprint density at radius 2 is 1.82 bits per heavy atom. The van der Waals surface area contributed by atoms with Gasteiger partial charge in [-0.2, -0.15) is 0 Å². The molecule has 1 aromatic carbocycles. The van der Waals surface area contributed by atoms with E-state index in [1.165, 1.54) is 18.5 Å². The fourth-order valence-corrected chi connectivity index (χ4v) is 1.57. The van der Waals surface area contributed by atoms with Gasteiger partial charge < -0.3 is 0 Å². The van der Waals surface area contributed by atoms with Gasteiger partial charge >= 0.3 is 0 Å². The molecule has 0 amide bonds. The molecule has 0 N–H and O–H groups in total. The Balaban J connectivity index is 2.47. The average Bonchev–Trinajstić information content (AvgIpc) is 2.28. The minimum absolute atomic E-state index is 0.0367. The maximum atomic E-state index is 13.1. The predicted molar refractivity (Wildman–Crippen MR) is 66.1 cm³/mol. The second-order valence-corrected chi connectivity index (χ2v) is 5.05. The summed E-state index contributed by atoms with van der Waals surface area (Å²) in [4.78, 5) is 8.44. The Hall–Kier alpha value is -1.77. The minimum Gasteiger partial charge on any atom is -0.241 e. The molecule has 0 saturated carbocycles. The maximum Gasteiger partial charge on any atom is 0.123 e. The third kappa shape index (κ3) is 2.67. The number of hydrogen-bond donors (Lipinski definition) is 0. The summed E-state index contributed by atoms with van der Waals surface area (Å²) in [6.07, 6.45) is 1.53. The van der Waals surface area contributed by atoms with Crippen LogP contribution in [0.25, 0.3) is 11.3 Å². The van der Waals surface area contributed by atoms with Gasteiger partial charge in [0.1, 0.15) is 12.1 Å². The Kier molecular flexibility index (Phi) is 2.92. The Labute approximate surface area is 101 Å². The van der Waals surface area contributed by atoms with Crippen LogP contribution in [0.2, 0.25) is 0 Å². The molecule has 0 aliphatic rings. The Bertz CT molecular complexity index is 530. The van der Waals surface area contributed by atoms with Crippen LogP contribution in [-0.4, -0.2) is 9.97 Å². The Morgan fingerprint density at radius 1 is 1.06 bits per heavy atom. The molecule has 88 valence electrons. The van der Waals surface area contributed by atoms with Crippen molar-refractivity contribution in [2.45, 2.75) is 26.2 Å². The number of halogens is 1. The third-order valence-electron chi connectivity index (χ3n) is 2.56. The molecule has 0 saturated heterocycles. The Morgan fingerprint density at radius 3 is 2.47 bits per heavy atom. The lowest BCUT2D eigenvalue weighted by molar-refractivity contribution is 0.567. The fraction of sp³-hybridized carbons (Fsp3) is 0.286. The van der Waals surface area contributed by atoms with E-state index in [0.29, 0.717) is 0 Å². The van der Waals surface area contributed by atoms with Crippen molar-refractivity contribution in [2.24, 2.45) is 0 Å². The van der Waals surface area contributed by atoms with E-state index in [4.69, 9.17) is 0 Å². The first-order chi connectivity index (χ1) is 7.97. The van der Waals surface area contributed by atoms with E-state index >= 15 is 0 Å². The van der Waals surface area contributed by atoms with Crippen molar-refractivity contribution < 1.29 is 4.39 Å². The molecule has 3 heteroatoms. The summed E-state index contributed by atoms with van der Waals surface area (Å²) < 4.78 is 13.1. The number of aromatic nitrogens is 2. The highest BCUT2D eigenvalue weighted by Gasteiger charge is 2.16. The summed E-state index contributed by atoms with van der Waals surface area (Å²) >= 11 is 0. The molecule has 0 fully saturated rings. The first kappa shape index (κ1) is 11.7. The van der Waals surface area contributed by atoms with Crippen molar-refractivity contribution in [1.82, 2.24) is 9.97 Å². The van der Waals surface area contributed by atoms with Crippen molar-refractivity contribution in [3.63, 3.8) is 0 Å². The number of rotatable bonds is 1. The number of benzene rings is 1. The molecule has 0 spiro atoms. The van der Waals surface area contributed by atoms with Crippen LogP contribution >= 0.6 is 0 Å². The topological polar surface area (TPSA) is 25.8 Å². The summed E-state index contributed by atoms with van der Waals surface area (Å²) in [6.45, 7) is 6.26. The van der Waals surface area contributed by atoms with Crippen molar-refractivity contribution in [3.8, 4) is 11.3 Å². The third-order valence-corrected chi connectivity index (χ3v) is 2.56. The number of nitrogens with zero attached hydrogens (tertiary/aromatic N) is 2. The van der Waals surface area contributed by atoms with Gasteiger partial charge in [-0.1, -0.05) is 32.9 Å². The van der Waals surface area contributed by atoms with E-state index < -0.39 is 0 Å². The van der Waals surface area contributed by atoms with Crippen molar-refractivity contribution in [1.29, 1.82) is 0 Å². The first-order valence-electron chi connectivity index (χ1n) is 5.55. The standard InChI is InChI=1S/C14H15FN2/c1-14(2,3)13-8-12(16-9-17-13)10-5-4-6-11(15)7-10/h4-9H,1-3H3. The molecule has 2 aromatic rings. The minimum atomic E-state index is -0.251. The maximum absolute atomic E-state index is 13.1. The van der Waals surface area contributed by atoms with Gasteiger partial charge in [0.15, 0.2) is 0 Å². The molecule has 1 aromatic heterocycles. The zero-order valence-electron chi connectivity index (χ0n) is 10.2. The van der Waals surface area contributed by atoms with Crippen LogP contribution in [0.3, 0.4) is 0 Å². The largest absolute Gasteiger partial charge is 0.241 e. The first-order valence-corrected chi connectivity index (χ1v) is 5.55. The monoisotopic (exact) mass is 230 g/mol. The van der Waals surface area contributed by atoms with E-state index in [9.17, 15) is 4.39 Å². The molecule has 1 heterocycles. The van der Waals surface area contributed by atoms with Crippen LogP contribution in [0.5, 0.6) is 0 Å². The van der Waals surface area contributed by atoms with Crippen LogP contribution in [0, 0.1) is 5.82 Å². The summed E-state index contributed by atoms with van der Waals surface area (Å²) in [5.41, 5.74) is 2.44. The highest BCUT2D eigenvalue weighted by atomic mass is 19.1. The van der Waals surface area contributed by atoms with Gasteiger partial charge in [0.25, 0.3) is 0 Å². The van der Waals surface area contributed by atoms with E-state index in [0.717, 1.165) is 17.0 Å². The zero-order valence-corrected chi connectivity index (χ0v) is 10.2. The summed E-state index contributed by atoms with van der Waals surface area (Å²) in [6, 6.07) is 8.35. The molecule has 0 bridgehead atoms. The van der Waals surface area contributed by atoms with Crippen LogP contribution < -0.4 is 0 Å². The van der Waals surface area contributed by atoms with Gasteiger partial charge in [0.05, 0.1) is 5.69 Å². The lowest BCUT2D eigenvalue weighted by Gasteiger charge is -2.17. The SMILES string of the molecule is CC(C)(C)c1cc(-c2cccc(F)c2)ncn1. The quantitative estimate of drug-likeness (QED) is 0.748. The molecule has 0 aliphatic heterocycles. The normalized spacial score (nSPS) is 11.5. The van der Waals surface area contributed by atoms with Crippen LogP contribution in [0.4, 0.5) is 4.39 Å². The summed E-state index contributed by atoms with van der Waals surface area (Å²) in [5.74, 6) is -0.251. The second-order valence-electron chi connectivity index (χ2n) is 5.05. The van der Waals surface area contributed by atoms with Crippen LogP contribution in [0.15, 0.2) is 36.7 Å². The van der Waals surface area contributed by atoms with Gasteiger partial charge in [0.2, 0.25) is 0 Å². The smallest absolute Gasteiger partial charge is 0.123 e. The predicted octanol–water partition coefficient (Wildman–Crippen LogP) is 3.58.